The lowest BCUT2D eigenvalue weighted by molar-refractivity contribution is 0.417. The number of aryl methyl sites for hydroxylation is 1. The molecule has 4 rings (SSSR count). The third-order valence-corrected chi connectivity index (χ3v) is 4.35. The summed E-state index contributed by atoms with van der Waals surface area (Å²) < 4.78 is 13.0. The monoisotopic (exact) mass is 341 g/mol. The van der Waals surface area contributed by atoms with Crippen molar-refractivity contribution >= 4 is 22.1 Å². The van der Waals surface area contributed by atoms with Gasteiger partial charge in [0.1, 0.15) is 16.3 Å². The molecule has 24 heavy (non-hydrogen) atoms. The van der Waals surface area contributed by atoms with Crippen molar-refractivity contribution in [1.82, 2.24) is 29.0 Å². The van der Waals surface area contributed by atoms with Crippen LogP contribution < -0.4 is 10.1 Å². The standard InChI is InChI=1S/C15H15N7OS/c1-21-8-12(6-18-21)10-3-13(23-2)15-11(5-19-22(15)9-10)4-16-14-7-17-20-24-14/h3,5-9,16H,4H2,1-2H3. The van der Waals surface area contributed by atoms with E-state index in [1.165, 1.54) is 11.5 Å². The number of aromatic nitrogens is 6. The first kappa shape index (κ1) is 14.6. The van der Waals surface area contributed by atoms with Crippen LogP contribution in [0.1, 0.15) is 5.56 Å². The summed E-state index contributed by atoms with van der Waals surface area (Å²) in [6, 6.07) is 2.01. The van der Waals surface area contributed by atoms with Crippen molar-refractivity contribution in [2.45, 2.75) is 6.54 Å². The summed E-state index contributed by atoms with van der Waals surface area (Å²) in [5, 5.41) is 16.7. The molecular weight excluding hydrogens is 326 g/mol. The number of fused-ring (bicyclic) bond motifs is 1. The number of nitrogens with zero attached hydrogens (tertiary/aromatic N) is 6. The van der Waals surface area contributed by atoms with Crippen molar-refractivity contribution in [1.29, 1.82) is 0 Å². The van der Waals surface area contributed by atoms with Gasteiger partial charge in [0.2, 0.25) is 0 Å². The fourth-order valence-corrected chi connectivity index (χ4v) is 3.00. The molecule has 0 unspecified atom stereocenters. The van der Waals surface area contributed by atoms with Gasteiger partial charge in [-0.2, -0.15) is 10.2 Å². The quantitative estimate of drug-likeness (QED) is 0.599. The number of methoxy groups -OCH3 is 1. The molecule has 0 saturated carbocycles. The van der Waals surface area contributed by atoms with Crippen molar-refractivity contribution < 1.29 is 4.74 Å². The lowest BCUT2D eigenvalue weighted by atomic mass is 10.1. The molecule has 0 saturated heterocycles. The summed E-state index contributed by atoms with van der Waals surface area (Å²) in [6.45, 7) is 0.621. The Morgan fingerprint density at radius 3 is 2.79 bits per heavy atom. The van der Waals surface area contributed by atoms with E-state index >= 15 is 0 Å². The molecule has 0 bridgehead atoms. The van der Waals surface area contributed by atoms with Crippen LogP contribution in [0.4, 0.5) is 5.00 Å². The van der Waals surface area contributed by atoms with Gasteiger partial charge in [0, 0.05) is 54.2 Å². The minimum absolute atomic E-state index is 0.621. The van der Waals surface area contributed by atoms with Gasteiger partial charge in [0.15, 0.2) is 0 Å². The van der Waals surface area contributed by atoms with Crippen molar-refractivity contribution in [2.75, 3.05) is 12.4 Å². The highest BCUT2D eigenvalue weighted by Crippen LogP contribution is 2.30. The molecule has 0 aliphatic heterocycles. The Morgan fingerprint density at radius 2 is 2.08 bits per heavy atom. The van der Waals surface area contributed by atoms with E-state index in [0.717, 1.165) is 33.0 Å². The highest BCUT2D eigenvalue weighted by atomic mass is 32.1. The van der Waals surface area contributed by atoms with Crippen LogP contribution in [0.3, 0.4) is 0 Å². The molecule has 0 aliphatic rings. The average molecular weight is 341 g/mol. The van der Waals surface area contributed by atoms with Gasteiger partial charge in [0.25, 0.3) is 0 Å². The van der Waals surface area contributed by atoms with Crippen molar-refractivity contribution in [3.8, 4) is 16.9 Å². The fourth-order valence-electron chi connectivity index (χ4n) is 2.59. The predicted molar refractivity (Wildman–Crippen MR) is 91.2 cm³/mol. The first-order valence-electron chi connectivity index (χ1n) is 7.29. The maximum atomic E-state index is 5.59. The first-order valence-corrected chi connectivity index (χ1v) is 8.06. The summed E-state index contributed by atoms with van der Waals surface area (Å²) >= 11 is 1.32. The van der Waals surface area contributed by atoms with E-state index < -0.39 is 0 Å². The number of nitrogens with one attached hydrogen (secondary N) is 1. The van der Waals surface area contributed by atoms with E-state index in [1.807, 2.05) is 42.4 Å². The van der Waals surface area contributed by atoms with E-state index in [1.54, 1.807) is 18.0 Å². The second-order valence-corrected chi connectivity index (χ2v) is 6.08. The maximum Gasteiger partial charge on any atom is 0.145 e. The SMILES string of the molecule is COc1cc(-c2cnn(C)c2)cn2ncc(CNc3cnns3)c12. The van der Waals surface area contributed by atoms with Gasteiger partial charge in [-0.25, -0.2) is 4.52 Å². The minimum atomic E-state index is 0.621. The summed E-state index contributed by atoms with van der Waals surface area (Å²) in [4.78, 5) is 0. The van der Waals surface area contributed by atoms with Crippen LogP contribution in [0.5, 0.6) is 5.75 Å². The molecule has 0 aromatic carbocycles. The van der Waals surface area contributed by atoms with Gasteiger partial charge in [-0.05, 0) is 6.07 Å². The summed E-state index contributed by atoms with van der Waals surface area (Å²) in [5.41, 5.74) is 4.00. The number of pyridine rings is 1. The number of rotatable bonds is 5. The summed E-state index contributed by atoms with van der Waals surface area (Å²) in [6.07, 6.45) is 9.31. The Hall–Kier alpha value is -2.94. The fraction of sp³-hybridized carbons (Fsp3) is 0.200. The van der Waals surface area contributed by atoms with Crippen LogP contribution in [0.2, 0.25) is 0 Å². The zero-order valence-corrected chi connectivity index (χ0v) is 14.0. The zero-order chi connectivity index (χ0) is 16.5. The van der Waals surface area contributed by atoms with E-state index in [9.17, 15) is 0 Å². The second-order valence-electron chi connectivity index (χ2n) is 5.30. The molecule has 0 atom stereocenters. The topological polar surface area (TPSA) is 82.2 Å². The third-order valence-electron chi connectivity index (χ3n) is 3.73. The van der Waals surface area contributed by atoms with Crippen LogP contribution in [0.15, 0.2) is 37.1 Å². The summed E-state index contributed by atoms with van der Waals surface area (Å²) in [5.74, 6) is 0.771. The van der Waals surface area contributed by atoms with Crippen LogP contribution >= 0.6 is 11.5 Å². The molecule has 0 spiro atoms. The number of hydrogen-bond acceptors (Lipinski definition) is 7. The Morgan fingerprint density at radius 1 is 1.17 bits per heavy atom. The molecule has 0 radical (unpaired) electrons. The van der Waals surface area contributed by atoms with Crippen molar-refractivity contribution in [2.24, 2.45) is 7.05 Å². The van der Waals surface area contributed by atoms with E-state index in [-0.39, 0.29) is 0 Å². The zero-order valence-electron chi connectivity index (χ0n) is 13.2. The van der Waals surface area contributed by atoms with Gasteiger partial charge >= 0.3 is 0 Å². The Kier molecular flexibility index (Phi) is 3.62. The average Bonchev–Trinajstić information content (AvgIpc) is 3.32. The number of hydrogen-bond donors (Lipinski definition) is 1. The smallest absolute Gasteiger partial charge is 0.145 e. The van der Waals surface area contributed by atoms with Crippen LogP contribution in [-0.2, 0) is 13.6 Å². The Bertz CT molecular complexity index is 973. The van der Waals surface area contributed by atoms with E-state index in [0.29, 0.717) is 6.54 Å². The molecule has 4 heterocycles. The largest absolute Gasteiger partial charge is 0.494 e. The number of anilines is 1. The molecule has 0 amide bonds. The second kappa shape index (κ2) is 5.93. The van der Waals surface area contributed by atoms with E-state index in [2.05, 4.69) is 25.1 Å². The van der Waals surface area contributed by atoms with Gasteiger partial charge in [-0.3, -0.25) is 4.68 Å². The van der Waals surface area contributed by atoms with Crippen molar-refractivity contribution in [3.63, 3.8) is 0 Å². The minimum Gasteiger partial charge on any atom is -0.494 e. The Balaban J connectivity index is 1.72. The van der Waals surface area contributed by atoms with Gasteiger partial charge in [-0.1, -0.05) is 4.49 Å². The van der Waals surface area contributed by atoms with Gasteiger partial charge in [-0.15, -0.1) is 5.10 Å². The third kappa shape index (κ3) is 2.58. The van der Waals surface area contributed by atoms with Crippen molar-refractivity contribution in [3.05, 3.63) is 42.6 Å². The molecule has 4 aromatic heterocycles. The molecule has 122 valence electrons. The molecular formula is C15H15N7OS. The Labute approximate surface area is 141 Å². The molecule has 9 heteroatoms. The summed E-state index contributed by atoms with van der Waals surface area (Å²) in [7, 11) is 3.56. The molecule has 8 nitrogen and oxygen atoms in total. The normalized spacial score (nSPS) is 11.1. The van der Waals surface area contributed by atoms with Crippen LogP contribution in [-0.4, -0.2) is 36.1 Å². The van der Waals surface area contributed by atoms with Crippen LogP contribution in [0, 0.1) is 0 Å². The maximum absolute atomic E-state index is 5.59. The van der Waals surface area contributed by atoms with Gasteiger partial charge < -0.3 is 10.1 Å². The lowest BCUT2D eigenvalue weighted by Crippen LogP contribution is -1.99. The molecule has 0 aliphatic carbocycles. The van der Waals surface area contributed by atoms with Crippen LogP contribution in [0.25, 0.3) is 16.6 Å². The lowest BCUT2D eigenvalue weighted by Gasteiger charge is -2.08. The highest BCUT2D eigenvalue weighted by molar-refractivity contribution is 7.09. The van der Waals surface area contributed by atoms with E-state index in [4.69, 9.17) is 4.74 Å². The predicted octanol–water partition coefficient (Wildman–Crippen LogP) is 2.21. The number of ether oxygens (including phenoxy) is 1. The molecule has 0 fully saturated rings. The highest BCUT2D eigenvalue weighted by Gasteiger charge is 2.13. The molecule has 1 N–H and O–H groups in total. The first-order chi connectivity index (χ1) is 11.7. The molecule has 4 aromatic rings. The van der Waals surface area contributed by atoms with Gasteiger partial charge in [0.05, 0.1) is 25.7 Å².